The Kier molecular flexibility index (Phi) is 6.84. The molecule has 1 N–H and O–H groups in total. The summed E-state index contributed by atoms with van der Waals surface area (Å²) in [4.78, 5) is 28.2. The molecular formula is C22H24FN3O3. The van der Waals surface area contributed by atoms with E-state index < -0.39 is 0 Å². The van der Waals surface area contributed by atoms with E-state index in [0.29, 0.717) is 38.5 Å². The second-order valence-electron chi connectivity index (χ2n) is 6.55. The quantitative estimate of drug-likeness (QED) is 0.784. The maximum Gasteiger partial charge on any atom is 0.321 e. The highest BCUT2D eigenvalue weighted by atomic mass is 19.1. The van der Waals surface area contributed by atoms with Gasteiger partial charge in [0.05, 0.1) is 6.61 Å². The molecule has 1 fully saturated rings. The van der Waals surface area contributed by atoms with Crippen LogP contribution >= 0.6 is 0 Å². The smallest absolute Gasteiger partial charge is 0.321 e. The van der Waals surface area contributed by atoms with Crippen molar-refractivity contribution in [1.82, 2.24) is 9.80 Å². The Morgan fingerprint density at radius 1 is 1.03 bits per heavy atom. The Balaban J connectivity index is 1.51. The zero-order valence-electron chi connectivity index (χ0n) is 16.3. The number of hydrogen-bond donors (Lipinski definition) is 1. The molecule has 7 heteroatoms. The number of nitrogens with zero attached hydrogens (tertiary/aromatic N) is 2. The molecule has 0 bridgehead atoms. The van der Waals surface area contributed by atoms with Crippen LogP contribution in [0, 0.1) is 5.82 Å². The van der Waals surface area contributed by atoms with Crippen molar-refractivity contribution < 1.29 is 18.7 Å². The Bertz CT molecular complexity index is 875. The van der Waals surface area contributed by atoms with Gasteiger partial charge in [-0.2, -0.15) is 0 Å². The maximum atomic E-state index is 13.0. The minimum absolute atomic E-state index is 0.102. The Labute approximate surface area is 169 Å². The summed E-state index contributed by atoms with van der Waals surface area (Å²) in [5, 5.41) is 2.74. The third-order valence-corrected chi connectivity index (χ3v) is 4.60. The van der Waals surface area contributed by atoms with Crippen molar-refractivity contribution in [3.05, 3.63) is 66.0 Å². The number of nitrogens with one attached hydrogen (secondary N) is 1. The van der Waals surface area contributed by atoms with Crippen LogP contribution in [0.25, 0.3) is 6.08 Å². The molecule has 3 rings (SSSR count). The third-order valence-electron chi connectivity index (χ3n) is 4.60. The van der Waals surface area contributed by atoms with Gasteiger partial charge in [0, 0.05) is 43.5 Å². The van der Waals surface area contributed by atoms with Crippen molar-refractivity contribution in [3.8, 4) is 5.75 Å². The summed E-state index contributed by atoms with van der Waals surface area (Å²) in [7, 11) is 0. The van der Waals surface area contributed by atoms with E-state index in [1.54, 1.807) is 15.9 Å². The third kappa shape index (κ3) is 5.57. The van der Waals surface area contributed by atoms with E-state index in [0.717, 1.165) is 11.3 Å². The van der Waals surface area contributed by atoms with E-state index in [-0.39, 0.29) is 17.8 Å². The van der Waals surface area contributed by atoms with Crippen molar-refractivity contribution in [1.29, 1.82) is 0 Å². The fourth-order valence-corrected chi connectivity index (χ4v) is 3.04. The first kappa shape index (κ1) is 20.4. The molecule has 0 atom stereocenters. The maximum absolute atomic E-state index is 13.0. The predicted octanol–water partition coefficient (Wildman–Crippen LogP) is 3.61. The van der Waals surface area contributed by atoms with E-state index in [2.05, 4.69) is 5.32 Å². The molecule has 0 unspecified atom stereocenters. The van der Waals surface area contributed by atoms with E-state index in [1.165, 1.54) is 30.3 Å². The highest BCUT2D eigenvalue weighted by Crippen LogP contribution is 2.19. The molecule has 0 aromatic heterocycles. The van der Waals surface area contributed by atoms with Gasteiger partial charge in [-0.05, 0) is 43.3 Å². The van der Waals surface area contributed by atoms with Crippen LogP contribution in [0.5, 0.6) is 5.75 Å². The number of hydrogen-bond acceptors (Lipinski definition) is 3. The van der Waals surface area contributed by atoms with Crippen molar-refractivity contribution in [3.63, 3.8) is 0 Å². The summed E-state index contributed by atoms with van der Waals surface area (Å²) in [5.41, 5.74) is 1.38. The highest BCUT2D eigenvalue weighted by molar-refractivity contribution is 5.93. The van der Waals surface area contributed by atoms with Crippen molar-refractivity contribution in [2.24, 2.45) is 0 Å². The minimum atomic E-state index is -0.355. The Morgan fingerprint density at radius 2 is 1.69 bits per heavy atom. The van der Waals surface area contributed by atoms with Crippen molar-refractivity contribution in [2.75, 3.05) is 38.1 Å². The largest absolute Gasteiger partial charge is 0.493 e. The number of halogens is 1. The van der Waals surface area contributed by atoms with Crippen LogP contribution < -0.4 is 10.1 Å². The van der Waals surface area contributed by atoms with Gasteiger partial charge < -0.3 is 19.9 Å². The number of benzene rings is 2. The lowest BCUT2D eigenvalue weighted by Crippen LogP contribution is -2.51. The van der Waals surface area contributed by atoms with E-state index in [1.807, 2.05) is 31.2 Å². The lowest BCUT2D eigenvalue weighted by Gasteiger charge is -2.34. The van der Waals surface area contributed by atoms with Gasteiger partial charge in [0.1, 0.15) is 11.6 Å². The average Bonchev–Trinajstić information content (AvgIpc) is 2.75. The first-order valence-electron chi connectivity index (χ1n) is 9.57. The van der Waals surface area contributed by atoms with Crippen LogP contribution in [0.3, 0.4) is 0 Å². The lowest BCUT2D eigenvalue weighted by molar-refractivity contribution is -0.127. The predicted molar refractivity (Wildman–Crippen MR) is 110 cm³/mol. The standard InChI is InChI=1S/C22H24FN3O3/c1-2-29-20-6-4-3-5-17(20)7-12-21(27)25-13-15-26(16-14-25)22(28)24-19-10-8-18(23)9-11-19/h3-12H,2,13-16H2,1H3,(H,24,28)/b12-7+. The average molecular weight is 397 g/mol. The molecule has 2 aromatic carbocycles. The molecule has 6 nitrogen and oxygen atoms in total. The molecule has 1 aliphatic heterocycles. The number of anilines is 1. The number of para-hydroxylation sites is 1. The Hall–Kier alpha value is -3.35. The van der Waals surface area contributed by atoms with Crippen molar-refractivity contribution >= 4 is 23.7 Å². The van der Waals surface area contributed by atoms with Crippen LogP contribution in [-0.2, 0) is 4.79 Å². The Morgan fingerprint density at radius 3 is 2.38 bits per heavy atom. The van der Waals surface area contributed by atoms with Crippen LogP contribution in [-0.4, -0.2) is 54.5 Å². The molecule has 29 heavy (non-hydrogen) atoms. The fraction of sp³-hybridized carbons (Fsp3) is 0.273. The highest BCUT2D eigenvalue weighted by Gasteiger charge is 2.23. The summed E-state index contributed by atoms with van der Waals surface area (Å²) in [6, 6.07) is 12.9. The monoisotopic (exact) mass is 397 g/mol. The zero-order chi connectivity index (χ0) is 20.6. The number of rotatable bonds is 5. The number of piperazine rings is 1. The van der Waals surface area contributed by atoms with E-state index in [4.69, 9.17) is 4.74 Å². The van der Waals surface area contributed by atoms with Gasteiger partial charge in [-0.15, -0.1) is 0 Å². The van der Waals surface area contributed by atoms with E-state index in [9.17, 15) is 14.0 Å². The normalized spacial score (nSPS) is 14.1. The summed E-state index contributed by atoms with van der Waals surface area (Å²) in [6.45, 7) is 4.24. The first-order chi connectivity index (χ1) is 14.1. The van der Waals surface area contributed by atoms with Gasteiger partial charge in [-0.3, -0.25) is 4.79 Å². The van der Waals surface area contributed by atoms with Gasteiger partial charge in [-0.25, -0.2) is 9.18 Å². The van der Waals surface area contributed by atoms with Crippen LogP contribution in [0.4, 0.5) is 14.9 Å². The number of urea groups is 1. The van der Waals surface area contributed by atoms with E-state index >= 15 is 0 Å². The van der Waals surface area contributed by atoms with Gasteiger partial charge in [0.15, 0.2) is 0 Å². The summed E-state index contributed by atoms with van der Waals surface area (Å²) < 4.78 is 18.5. The number of amides is 3. The molecule has 3 amide bonds. The number of carbonyl (C=O) groups is 2. The molecule has 2 aromatic rings. The fourth-order valence-electron chi connectivity index (χ4n) is 3.04. The SMILES string of the molecule is CCOc1ccccc1/C=C/C(=O)N1CCN(C(=O)Nc2ccc(F)cc2)CC1. The second-order valence-corrected chi connectivity index (χ2v) is 6.55. The summed E-state index contributed by atoms with van der Waals surface area (Å²) in [6.07, 6.45) is 3.28. The van der Waals surface area contributed by atoms with Gasteiger partial charge >= 0.3 is 6.03 Å². The van der Waals surface area contributed by atoms with Crippen LogP contribution in [0.15, 0.2) is 54.6 Å². The summed E-state index contributed by atoms with van der Waals surface area (Å²) in [5.74, 6) is 0.281. The second kappa shape index (κ2) is 9.73. The van der Waals surface area contributed by atoms with Crippen molar-refractivity contribution in [2.45, 2.75) is 6.92 Å². The molecule has 0 aliphatic carbocycles. The number of ether oxygens (including phenoxy) is 1. The van der Waals surface area contributed by atoms with Gasteiger partial charge in [-0.1, -0.05) is 18.2 Å². The molecular weight excluding hydrogens is 373 g/mol. The summed E-state index contributed by atoms with van der Waals surface area (Å²) >= 11 is 0. The molecule has 0 radical (unpaired) electrons. The lowest BCUT2D eigenvalue weighted by atomic mass is 10.2. The zero-order valence-corrected chi connectivity index (χ0v) is 16.3. The van der Waals surface area contributed by atoms with Gasteiger partial charge in [0.25, 0.3) is 0 Å². The van der Waals surface area contributed by atoms with Gasteiger partial charge in [0.2, 0.25) is 5.91 Å². The topological polar surface area (TPSA) is 61.9 Å². The number of carbonyl (C=O) groups excluding carboxylic acids is 2. The molecule has 152 valence electrons. The molecule has 0 spiro atoms. The van der Waals surface area contributed by atoms with Crippen LogP contribution in [0.1, 0.15) is 12.5 Å². The first-order valence-corrected chi connectivity index (χ1v) is 9.57. The minimum Gasteiger partial charge on any atom is -0.493 e. The molecule has 1 saturated heterocycles. The molecule has 1 aliphatic rings. The van der Waals surface area contributed by atoms with Crippen LogP contribution in [0.2, 0.25) is 0 Å². The molecule has 1 heterocycles. The molecule has 0 saturated carbocycles.